The van der Waals surface area contributed by atoms with E-state index >= 15 is 0 Å². The molecule has 1 aromatic rings. The normalized spacial score (nSPS) is 18.8. The lowest BCUT2D eigenvalue weighted by Gasteiger charge is -2.32. The average Bonchev–Trinajstić information content (AvgIpc) is 2.40. The molecule has 0 aromatic carbocycles. The first-order chi connectivity index (χ1) is 8.75. The van der Waals surface area contributed by atoms with E-state index in [1.807, 2.05) is 13.0 Å². The van der Waals surface area contributed by atoms with Crippen molar-refractivity contribution in [1.82, 2.24) is 15.2 Å². The molecule has 2 heterocycles. The van der Waals surface area contributed by atoms with Gasteiger partial charge in [0.2, 0.25) is 0 Å². The molecule has 1 atom stereocenters. The van der Waals surface area contributed by atoms with Crippen LogP contribution in [0.3, 0.4) is 0 Å². The summed E-state index contributed by atoms with van der Waals surface area (Å²) in [5, 5.41) is 3.52. The molecule has 100 valence electrons. The van der Waals surface area contributed by atoms with Crippen molar-refractivity contribution >= 4 is 0 Å². The summed E-state index contributed by atoms with van der Waals surface area (Å²) in [5.74, 6) is 0. The Morgan fingerprint density at radius 3 is 2.78 bits per heavy atom. The van der Waals surface area contributed by atoms with E-state index in [0.29, 0.717) is 6.04 Å². The number of hydrogen-bond acceptors (Lipinski definition) is 3. The molecule has 1 fully saturated rings. The maximum Gasteiger partial charge on any atom is 0.0544 e. The molecule has 2 rings (SSSR count). The van der Waals surface area contributed by atoms with Crippen molar-refractivity contribution in [3.63, 3.8) is 0 Å². The lowest BCUT2D eigenvalue weighted by molar-refractivity contribution is 0.170. The SMILES string of the molecule is Cc1cccc(CNCC(C)N2CCCCC2)n1. The number of nitrogens with one attached hydrogen (secondary N) is 1. The molecule has 0 amide bonds. The topological polar surface area (TPSA) is 28.2 Å². The molecule has 0 saturated carbocycles. The van der Waals surface area contributed by atoms with Gasteiger partial charge in [-0.05, 0) is 51.9 Å². The number of pyridine rings is 1. The van der Waals surface area contributed by atoms with Crippen LogP contribution in [-0.2, 0) is 6.54 Å². The van der Waals surface area contributed by atoms with Crippen LogP contribution >= 0.6 is 0 Å². The molecule has 3 nitrogen and oxygen atoms in total. The van der Waals surface area contributed by atoms with Gasteiger partial charge in [0.15, 0.2) is 0 Å². The summed E-state index contributed by atoms with van der Waals surface area (Å²) in [6, 6.07) is 6.84. The van der Waals surface area contributed by atoms with E-state index in [4.69, 9.17) is 0 Å². The lowest BCUT2D eigenvalue weighted by atomic mass is 10.1. The number of nitrogens with zero attached hydrogens (tertiary/aromatic N) is 2. The smallest absolute Gasteiger partial charge is 0.0544 e. The van der Waals surface area contributed by atoms with E-state index in [9.17, 15) is 0 Å². The minimum atomic E-state index is 0.634. The molecule has 0 bridgehead atoms. The summed E-state index contributed by atoms with van der Waals surface area (Å²) in [7, 11) is 0. The standard InChI is InChI=1S/C15H25N3/c1-13-7-6-8-15(17-13)12-16-11-14(2)18-9-4-3-5-10-18/h6-8,14,16H,3-5,9-12H2,1-2H3. The van der Waals surface area contributed by atoms with Crippen LogP contribution in [0.25, 0.3) is 0 Å². The number of aryl methyl sites for hydroxylation is 1. The van der Waals surface area contributed by atoms with Crippen LogP contribution < -0.4 is 5.32 Å². The quantitative estimate of drug-likeness (QED) is 0.865. The highest BCUT2D eigenvalue weighted by molar-refractivity contribution is 5.09. The van der Waals surface area contributed by atoms with Crippen LogP contribution in [0.2, 0.25) is 0 Å². The summed E-state index contributed by atoms with van der Waals surface area (Å²) in [5.41, 5.74) is 2.24. The van der Waals surface area contributed by atoms with Crippen molar-refractivity contribution in [3.8, 4) is 0 Å². The molecule has 1 aliphatic rings. The second-order valence-corrected chi connectivity index (χ2v) is 5.35. The second kappa shape index (κ2) is 6.86. The number of aromatic nitrogens is 1. The van der Waals surface area contributed by atoms with Crippen molar-refractivity contribution < 1.29 is 0 Å². The summed E-state index contributed by atoms with van der Waals surface area (Å²) in [4.78, 5) is 7.10. The highest BCUT2D eigenvalue weighted by Gasteiger charge is 2.15. The van der Waals surface area contributed by atoms with Gasteiger partial charge < -0.3 is 5.32 Å². The van der Waals surface area contributed by atoms with Gasteiger partial charge in [-0.2, -0.15) is 0 Å². The minimum Gasteiger partial charge on any atom is -0.310 e. The van der Waals surface area contributed by atoms with E-state index < -0.39 is 0 Å². The Labute approximate surface area is 111 Å². The predicted molar refractivity (Wildman–Crippen MR) is 75.6 cm³/mol. The zero-order valence-electron chi connectivity index (χ0n) is 11.7. The molecular weight excluding hydrogens is 222 g/mol. The third-order valence-electron chi connectivity index (χ3n) is 3.71. The van der Waals surface area contributed by atoms with Gasteiger partial charge >= 0.3 is 0 Å². The Balaban J connectivity index is 1.71. The van der Waals surface area contributed by atoms with Gasteiger partial charge in [0.25, 0.3) is 0 Å². The van der Waals surface area contributed by atoms with Crippen LogP contribution in [0.15, 0.2) is 18.2 Å². The van der Waals surface area contributed by atoms with Crippen molar-refractivity contribution in [2.24, 2.45) is 0 Å². The maximum atomic E-state index is 4.51. The van der Waals surface area contributed by atoms with E-state index in [2.05, 4.69) is 34.3 Å². The van der Waals surface area contributed by atoms with Gasteiger partial charge in [-0.25, -0.2) is 0 Å². The fourth-order valence-electron chi connectivity index (χ4n) is 2.60. The molecule has 3 heteroatoms. The van der Waals surface area contributed by atoms with Gasteiger partial charge in [0.1, 0.15) is 0 Å². The molecule has 0 aliphatic carbocycles. The molecule has 0 spiro atoms. The largest absolute Gasteiger partial charge is 0.310 e. The van der Waals surface area contributed by atoms with Gasteiger partial charge in [-0.1, -0.05) is 12.5 Å². The second-order valence-electron chi connectivity index (χ2n) is 5.35. The fourth-order valence-corrected chi connectivity index (χ4v) is 2.60. The Hall–Kier alpha value is -0.930. The third-order valence-corrected chi connectivity index (χ3v) is 3.71. The molecule has 18 heavy (non-hydrogen) atoms. The van der Waals surface area contributed by atoms with Crippen LogP contribution in [0.5, 0.6) is 0 Å². The molecule has 1 unspecified atom stereocenters. The van der Waals surface area contributed by atoms with Gasteiger partial charge in [-0.3, -0.25) is 9.88 Å². The molecule has 1 aromatic heterocycles. The van der Waals surface area contributed by atoms with Crippen LogP contribution in [0, 0.1) is 6.92 Å². The third kappa shape index (κ3) is 4.07. The van der Waals surface area contributed by atoms with Crippen LogP contribution in [-0.4, -0.2) is 35.6 Å². The highest BCUT2D eigenvalue weighted by atomic mass is 15.2. The monoisotopic (exact) mass is 247 g/mol. The average molecular weight is 247 g/mol. The summed E-state index contributed by atoms with van der Waals surface area (Å²) in [6.45, 7) is 8.83. The Morgan fingerprint density at radius 2 is 2.06 bits per heavy atom. The summed E-state index contributed by atoms with van der Waals surface area (Å²) >= 11 is 0. The fraction of sp³-hybridized carbons (Fsp3) is 0.667. The first kappa shape index (κ1) is 13.5. The summed E-state index contributed by atoms with van der Waals surface area (Å²) in [6.07, 6.45) is 4.14. The summed E-state index contributed by atoms with van der Waals surface area (Å²) < 4.78 is 0. The Morgan fingerprint density at radius 1 is 1.28 bits per heavy atom. The van der Waals surface area contributed by atoms with Crippen molar-refractivity contribution in [1.29, 1.82) is 0 Å². The minimum absolute atomic E-state index is 0.634. The Kier molecular flexibility index (Phi) is 5.14. The van der Waals surface area contributed by atoms with Crippen LogP contribution in [0.1, 0.15) is 37.6 Å². The molecule has 1 N–H and O–H groups in total. The number of hydrogen-bond donors (Lipinski definition) is 1. The molecule has 1 aliphatic heterocycles. The van der Waals surface area contributed by atoms with Crippen LogP contribution in [0.4, 0.5) is 0 Å². The lowest BCUT2D eigenvalue weighted by Crippen LogP contribution is -2.43. The first-order valence-corrected chi connectivity index (χ1v) is 7.13. The number of rotatable bonds is 5. The highest BCUT2D eigenvalue weighted by Crippen LogP contribution is 2.11. The zero-order chi connectivity index (χ0) is 12.8. The van der Waals surface area contributed by atoms with Crippen molar-refractivity contribution in [2.45, 2.75) is 45.7 Å². The van der Waals surface area contributed by atoms with Gasteiger partial charge in [-0.15, -0.1) is 0 Å². The van der Waals surface area contributed by atoms with E-state index in [0.717, 1.165) is 24.5 Å². The van der Waals surface area contributed by atoms with Crippen molar-refractivity contribution in [3.05, 3.63) is 29.6 Å². The first-order valence-electron chi connectivity index (χ1n) is 7.13. The number of piperidine rings is 1. The zero-order valence-corrected chi connectivity index (χ0v) is 11.7. The van der Waals surface area contributed by atoms with Gasteiger partial charge in [0, 0.05) is 24.8 Å². The van der Waals surface area contributed by atoms with E-state index in [1.165, 1.54) is 32.4 Å². The molecule has 0 radical (unpaired) electrons. The van der Waals surface area contributed by atoms with E-state index in [-0.39, 0.29) is 0 Å². The Bertz CT molecular complexity index is 359. The molecule has 1 saturated heterocycles. The molecular formula is C15H25N3. The number of likely N-dealkylation sites (tertiary alicyclic amines) is 1. The van der Waals surface area contributed by atoms with Crippen molar-refractivity contribution in [2.75, 3.05) is 19.6 Å². The predicted octanol–water partition coefficient (Wildman–Crippen LogP) is 2.35. The van der Waals surface area contributed by atoms with Gasteiger partial charge in [0.05, 0.1) is 5.69 Å². The maximum absolute atomic E-state index is 4.51. The van der Waals surface area contributed by atoms with E-state index in [1.54, 1.807) is 0 Å².